The third-order valence-corrected chi connectivity index (χ3v) is 3.54. The minimum Gasteiger partial charge on any atom is -0.481 e. The quantitative estimate of drug-likeness (QED) is 0.824. The summed E-state index contributed by atoms with van der Waals surface area (Å²) in [6.45, 7) is 0. The van der Waals surface area contributed by atoms with Crippen molar-refractivity contribution >= 4 is 34.2 Å². The highest BCUT2D eigenvalue weighted by molar-refractivity contribution is 14.1. The van der Waals surface area contributed by atoms with Crippen molar-refractivity contribution in [1.82, 2.24) is 4.98 Å². The molecule has 0 atom stereocenters. The van der Waals surface area contributed by atoms with Crippen LogP contribution in [0.25, 0.3) is 0 Å². The predicted octanol–water partition coefficient (Wildman–Crippen LogP) is 2.96. The van der Waals surface area contributed by atoms with Crippen LogP contribution in [0.2, 0.25) is 0 Å². The molecule has 1 aromatic carbocycles. The van der Waals surface area contributed by atoms with Gasteiger partial charge in [-0.25, -0.2) is 0 Å². The van der Waals surface area contributed by atoms with Crippen LogP contribution in [0.4, 0.5) is 5.69 Å². The minimum absolute atomic E-state index is 0.229. The zero-order valence-corrected chi connectivity index (χ0v) is 13.2. The summed E-state index contributed by atoms with van der Waals surface area (Å²) in [5, 5.41) is 2.83. The lowest BCUT2D eigenvalue weighted by Gasteiger charge is -2.10. The largest absolute Gasteiger partial charge is 0.481 e. The molecule has 0 aliphatic rings. The molecule has 6 heteroatoms. The molecule has 5 nitrogen and oxygen atoms in total. The van der Waals surface area contributed by atoms with E-state index in [2.05, 4.69) is 32.9 Å². The Morgan fingerprint density at radius 2 is 1.90 bits per heavy atom. The first-order valence-electron chi connectivity index (χ1n) is 5.80. The standard InChI is InChI=1S/C14H13IN2O3/c1-19-12-8-7-9(14(17-12)20-2)13(18)16-11-6-4-3-5-10(11)15/h3-8H,1-2H3,(H,16,18). The van der Waals surface area contributed by atoms with Gasteiger partial charge in [0.2, 0.25) is 11.8 Å². The number of nitrogens with zero attached hydrogens (tertiary/aromatic N) is 1. The van der Waals surface area contributed by atoms with Gasteiger partial charge in [-0.05, 0) is 40.8 Å². The van der Waals surface area contributed by atoms with Gasteiger partial charge < -0.3 is 14.8 Å². The van der Waals surface area contributed by atoms with E-state index in [4.69, 9.17) is 9.47 Å². The van der Waals surface area contributed by atoms with E-state index >= 15 is 0 Å². The fourth-order valence-corrected chi connectivity index (χ4v) is 2.14. The van der Waals surface area contributed by atoms with Crippen molar-refractivity contribution in [2.24, 2.45) is 0 Å². The van der Waals surface area contributed by atoms with Gasteiger partial charge in [0.15, 0.2) is 0 Å². The minimum atomic E-state index is -0.277. The number of methoxy groups -OCH3 is 2. The van der Waals surface area contributed by atoms with Gasteiger partial charge in [-0.1, -0.05) is 12.1 Å². The lowest BCUT2D eigenvalue weighted by atomic mass is 10.2. The maximum absolute atomic E-state index is 12.3. The molecule has 1 amide bonds. The van der Waals surface area contributed by atoms with Gasteiger partial charge in [-0.15, -0.1) is 0 Å². The van der Waals surface area contributed by atoms with Crippen molar-refractivity contribution in [3.63, 3.8) is 0 Å². The number of anilines is 1. The number of carbonyl (C=O) groups is 1. The monoisotopic (exact) mass is 384 g/mol. The van der Waals surface area contributed by atoms with Crippen LogP contribution in [0.15, 0.2) is 36.4 Å². The van der Waals surface area contributed by atoms with E-state index in [0.717, 1.165) is 9.26 Å². The summed E-state index contributed by atoms with van der Waals surface area (Å²) in [6.07, 6.45) is 0. The number of amides is 1. The molecule has 104 valence electrons. The number of nitrogens with one attached hydrogen (secondary N) is 1. The number of para-hydroxylation sites is 1. The highest BCUT2D eigenvalue weighted by Gasteiger charge is 2.15. The van der Waals surface area contributed by atoms with Crippen LogP contribution in [0.1, 0.15) is 10.4 Å². The molecular weight excluding hydrogens is 371 g/mol. The molecule has 0 aliphatic heterocycles. The Morgan fingerprint density at radius 3 is 2.55 bits per heavy atom. The fourth-order valence-electron chi connectivity index (χ4n) is 1.62. The van der Waals surface area contributed by atoms with Crippen molar-refractivity contribution in [2.45, 2.75) is 0 Å². The van der Waals surface area contributed by atoms with Gasteiger partial charge in [0.25, 0.3) is 5.91 Å². The van der Waals surface area contributed by atoms with Crippen LogP contribution in [-0.2, 0) is 0 Å². The number of hydrogen-bond donors (Lipinski definition) is 1. The molecule has 1 heterocycles. The van der Waals surface area contributed by atoms with Crippen LogP contribution >= 0.6 is 22.6 Å². The van der Waals surface area contributed by atoms with Crippen LogP contribution < -0.4 is 14.8 Å². The third kappa shape index (κ3) is 3.19. The zero-order chi connectivity index (χ0) is 14.5. The number of hydrogen-bond acceptors (Lipinski definition) is 4. The van der Waals surface area contributed by atoms with E-state index < -0.39 is 0 Å². The van der Waals surface area contributed by atoms with Gasteiger partial charge in [0.1, 0.15) is 5.56 Å². The molecule has 0 unspecified atom stereocenters. The number of benzene rings is 1. The van der Waals surface area contributed by atoms with Gasteiger partial charge >= 0.3 is 0 Å². The molecule has 0 spiro atoms. The molecular formula is C14H13IN2O3. The molecule has 0 saturated carbocycles. The zero-order valence-electron chi connectivity index (χ0n) is 11.0. The summed E-state index contributed by atoms with van der Waals surface area (Å²) in [5.41, 5.74) is 1.10. The summed E-state index contributed by atoms with van der Waals surface area (Å²) in [6, 6.07) is 10.8. The Balaban J connectivity index is 2.27. The lowest BCUT2D eigenvalue weighted by molar-refractivity contribution is 0.102. The number of pyridine rings is 1. The summed E-state index contributed by atoms with van der Waals surface area (Å²) >= 11 is 2.16. The SMILES string of the molecule is COc1ccc(C(=O)Nc2ccccc2I)c(OC)n1. The first-order chi connectivity index (χ1) is 9.65. The normalized spacial score (nSPS) is 9.95. The molecule has 2 rings (SSSR count). The molecule has 20 heavy (non-hydrogen) atoms. The molecule has 0 fully saturated rings. The Bertz CT molecular complexity index is 632. The van der Waals surface area contributed by atoms with Crippen molar-refractivity contribution in [3.8, 4) is 11.8 Å². The smallest absolute Gasteiger partial charge is 0.261 e. The van der Waals surface area contributed by atoms with Crippen LogP contribution in [0, 0.1) is 3.57 Å². The fraction of sp³-hybridized carbons (Fsp3) is 0.143. The second kappa shape index (κ2) is 6.56. The van der Waals surface area contributed by atoms with E-state index in [1.807, 2.05) is 24.3 Å². The van der Waals surface area contributed by atoms with Crippen LogP contribution in [0.5, 0.6) is 11.8 Å². The van der Waals surface area contributed by atoms with Crippen LogP contribution in [0.3, 0.4) is 0 Å². The third-order valence-electron chi connectivity index (χ3n) is 2.60. The van der Waals surface area contributed by atoms with Crippen LogP contribution in [-0.4, -0.2) is 25.1 Å². The van der Waals surface area contributed by atoms with Crippen molar-refractivity contribution in [1.29, 1.82) is 0 Å². The number of carbonyl (C=O) groups excluding carboxylic acids is 1. The van der Waals surface area contributed by atoms with Crippen molar-refractivity contribution in [2.75, 3.05) is 19.5 Å². The average molecular weight is 384 g/mol. The topological polar surface area (TPSA) is 60.5 Å². The molecule has 1 N–H and O–H groups in total. The molecule has 0 saturated heterocycles. The summed E-state index contributed by atoms with van der Waals surface area (Å²) < 4.78 is 11.1. The highest BCUT2D eigenvalue weighted by atomic mass is 127. The van der Waals surface area contributed by atoms with Gasteiger partial charge in [-0.3, -0.25) is 4.79 Å². The Kier molecular flexibility index (Phi) is 4.78. The molecule has 1 aromatic heterocycles. The van der Waals surface area contributed by atoms with Crippen molar-refractivity contribution < 1.29 is 14.3 Å². The molecule has 0 radical (unpaired) electrons. The van der Waals surface area contributed by atoms with E-state index in [1.165, 1.54) is 14.2 Å². The number of ether oxygens (including phenoxy) is 2. The first-order valence-corrected chi connectivity index (χ1v) is 6.88. The number of halogens is 1. The summed E-state index contributed by atoms with van der Waals surface area (Å²) in [5.74, 6) is 0.349. The lowest BCUT2D eigenvalue weighted by Crippen LogP contribution is -2.14. The number of aromatic nitrogens is 1. The second-order valence-electron chi connectivity index (χ2n) is 3.84. The molecule has 2 aromatic rings. The van der Waals surface area contributed by atoms with Gasteiger partial charge in [0.05, 0.1) is 19.9 Å². The van der Waals surface area contributed by atoms with E-state index in [9.17, 15) is 4.79 Å². The second-order valence-corrected chi connectivity index (χ2v) is 5.01. The highest BCUT2D eigenvalue weighted by Crippen LogP contribution is 2.22. The predicted molar refractivity (Wildman–Crippen MR) is 84.5 cm³/mol. The Labute approximate surface area is 130 Å². The van der Waals surface area contributed by atoms with Crippen molar-refractivity contribution in [3.05, 3.63) is 45.5 Å². The Hall–Kier alpha value is -1.83. The van der Waals surface area contributed by atoms with Gasteiger partial charge in [0, 0.05) is 9.64 Å². The summed E-state index contributed by atoms with van der Waals surface area (Å²) in [7, 11) is 2.97. The van der Waals surface area contributed by atoms with E-state index in [1.54, 1.807) is 12.1 Å². The average Bonchev–Trinajstić information content (AvgIpc) is 2.48. The molecule has 0 bridgehead atoms. The maximum Gasteiger partial charge on any atom is 0.261 e. The summed E-state index contributed by atoms with van der Waals surface area (Å²) in [4.78, 5) is 16.4. The first kappa shape index (κ1) is 14.6. The number of rotatable bonds is 4. The van der Waals surface area contributed by atoms with E-state index in [0.29, 0.717) is 11.4 Å². The maximum atomic E-state index is 12.3. The van der Waals surface area contributed by atoms with Gasteiger partial charge in [-0.2, -0.15) is 4.98 Å². The molecule has 0 aliphatic carbocycles. The van der Waals surface area contributed by atoms with E-state index in [-0.39, 0.29) is 11.8 Å². The Morgan fingerprint density at radius 1 is 1.15 bits per heavy atom.